The highest BCUT2D eigenvalue weighted by Gasteiger charge is 2.23. The average molecular weight is 378 g/mol. The van der Waals surface area contributed by atoms with Gasteiger partial charge in [-0.1, -0.05) is 6.07 Å². The molecule has 0 spiro atoms. The van der Waals surface area contributed by atoms with Gasteiger partial charge in [0.25, 0.3) is 5.91 Å². The number of rotatable bonds is 3. The maximum Gasteiger partial charge on any atom is 0.323 e. The molecular formula is C18H18N8O2. The molecule has 5 N–H and O–H groups in total. The molecule has 10 heteroatoms. The summed E-state index contributed by atoms with van der Waals surface area (Å²) in [5.74, 6) is 0.980. The molecule has 28 heavy (non-hydrogen) atoms. The zero-order valence-electron chi connectivity index (χ0n) is 14.9. The van der Waals surface area contributed by atoms with Crippen LogP contribution in [0.3, 0.4) is 0 Å². The Balaban J connectivity index is 1.40. The second-order valence-electron chi connectivity index (χ2n) is 6.74. The summed E-state index contributed by atoms with van der Waals surface area (Å²) in [6.07, 6.45) is 1.69. The first kappa shape index (κ1) is 16.4. The van der Waals surface area contributed by atoms with Gasteiger partial charge in [0.05, 0.1) is 16.6 Å². The second kappa shape index (κ2) is 6.12. The summed E-state index contributed by atoms with van der Waals surface area (Å²) < 4.78 is 0. The van der Waals surface area contributed by atoms with Crippen molar-refractivity contribution in [2.24, 2.45) is 5.73 Å². The third kappa shape index (κ3) is 2.57. The minimum atomic E-state index is -0.492. The number of anilines is 2. The summed E-state index contributed by atoms with van der Waals surface area (Å²) in [5, 5.41) is 0. The number of aromatic nitrogens is 5. The Hall–Kier alpha value is -3.82. The predicted molar refractivity (Wildman–Crippen MR) is 106 cm³/mol. The van der Waals surface area contributed by atoms with Crippen molar-refractivity contribution < 1.29 is 4.79 Å². The number of carbonyl (C=O) groups excluding carboxylic acids is 1. The Morgan fingerprint density at radius 3 is 2.57 bits per heavy atom. The van der Waals surface area contributed by atoms with Gasteiger partial charge in [0, 0.05) is 32.4 Å². The van der Waals surface area contributed by atoms with Crippen molar-refractivity contribution in [3.8, 4) is 0 Å². The van der Waals surface area contributed by atoms with Gasteiger partial charge in [0.15, 0.2) is 5.82 Å². The fourth-order valence-electron chi connectivity index (χ4n) is 3.68. The molecule has 1 aliphatic rings. The number of nitrogens with two attached hydrogens (primary N) is 1. The molecule has 3 aromatic heterocycles. The lowest BCUT2D eigenvalue weighted by molar-refractivity contribution is 0.100. The maximum absolute atomic E-state index is 11.6. The van der Waals surface area contributed by atoms with Crippen LogP contribution in [0, 0.1) is 0 Å². The Morgan fingerprint density at radius 1 is 1.00 bits per heavy atom. The summed E-state index contributed by atoms with van der Waals surface area (Å²) in [4.78, 5) is 45.4. The summed E-state index contributed by atoms with van der Waals surface area (Å²) in [7, 11) is 0. The number of para-hydroxylation sites is 1. The standard InChI is InChI=1S/C18H18N8O2/c19-15(27)10-2-1-3-11-13(10)23-17(21-11)26-8-6-25(7-9-26)16-14-12(4-5-20-16)22-18(28)24-14/h1-5H,6-9H2,(H2,19,27)(H,21,23)(H2,22,24,28). The molecule has 0 atom stereocenters. The van der Waals surface area contributed by atoms with Crippen LogP contribution in [-0.4, -0.2) is 57.0 Å². The molecule has 0 saturated carbocycles. The summed E-state index contributed by atoms with van der Waals surface area (Å²) in [6, 6.07) is 7.11. The molecular weight excluding hydrogens is 360 g/mol. The molecule has 0 radical (unpaired) electrons. The first-order valence-electron chi connectivity index (χ1n) is 8.95. The van der Waals surface area contributed by atoms with E-state index < -0.39 is 5.91 Å². The molecule has 1 amide bonds. The molecule has 0 bridgehead atoms. The van der Waals surface area contributed by atoms with Gasteiger partial charge in [0.1, 0.15) is 11.0 Å². The lowest BCUT2D eigenvalue weighted by atomic mass is 10.2. The fourth-order valence-corrected chi connectivity index (χ4v) is 3.68. The van der Waals surface area contributed by atoms with E-state index in [-0.39, 0.29) is 5.69 Å². The fraction of sp³-hybridized carbons (Fsp3) is 0.222. The van der Waals surface area contributed by atoms with Gasteiger partial charge in [-0.15, -0.1) is 0 Å². The highest BCUT2D eigenvalue weighted by Crippen LogP contribution is 2.24. The monoisotopic (exact) mass is 378 g/mol. The third-order valence-electron chi connectivity index (χ3n) is 5.06. The normalized spacial score (nSPS) is 14.9. The summed E-state index contributed by atoms with van der Waals surface area (Å²) in [5.41, 5.74) is 8.45. The lowest BCUT2D eigenvalue weighted by Crippen LogP contribution is -2.47. The van der Waals surface area contributed by atoms with Crippen molar-refractivity contribution >= 4 is 39.7 Å². The number of hydrogen-bond donors (Lipinski definition) is 4. The Kier molecular flexibility index (Phi) is 3.57. The zero-order valence-corrected chi connectivity index (χ0v) is 14.9. The molecule has 10 nitrogen and oxygen atoms in total. The number of H-pyrrole nitrogens is 3. The second-order valence-corrected chi connectivity index (χ2v) is 6.74. The maximum atomic E-state index is 11.6. The van der Waals surface area contributed by atoms with E-state index in [0.717, 1.165) is 48.5 Å². The van der Waals surface area contributed by atoms with Crippen LogP contribution in [0.5, 0.6) is 0 Å². The number of hydrogen-bond acceptors (Lipinski definition) is 6. The number of benzene rings is 1. The number of pyridine rings is 1. The Labute approximate surface area is 158 Å². The number of piperazine rings is 1. The number of carbonyl (C=O) groups is 1. The number of amides is 1. The van der Waals surface area contributed by atoms with Crippen molar-refractivity contribution in [3.05, 3.63) is 46.5 Å². The van der Waals surface area contributed by atoms with Crippen LogP contribution in [0.15, 0.2) is 35.3 Å². The van der Waals surface area contributed by atoms with E-state index in [4.69, 9.17) is 5.73 Å². The van der Waals surface area contributed by atoms with E-state index in [1.54, 1.807) is 24.4 Å². The van der Waals surface area contributed by atoms with Crippen molar-refractivity contribution in [2.45, 2.75) is 0 Å². The van der Waals surface area contributed by atoms with Gasteiger partial charge in [-0.05, 0) is 18.2 Å². The predicted octanol–water partition coefficient (Wildman–Crippen LogP) is 0.553. The number of nitrogens with one attached hydrogen (secondary N) is 3. The van der Waals surface area contributed by atoms with E-state index in [1.807, 2.05) is 6.07 Å². The highest BCUT2D eigenvalue weighted by molar-refractivity contribution is 6.04. The van der Waals surface area contributed by atoms with E-state index in [2.05, 4.69) is 34.7 Å². The Morgan fingerprint density at radius 2 is 1.79 bits per heavy atom. The van der Waals surface area contributed by atoms with Crippen molar-refractivity contribution in [3.63, 3.8) is 0 Å². The van der Waals surface area contributed by atoms with Crippen molar-refractivity contribution in [1.29, 1.82) is 0 Å². The molecule has 4 heterocycles. The molecule has 4 aromatic rings. The lowest BCUT2D eigenvalue weighted by Gasteiger charge is -2.35. The quantitative estimate of drug-likeness (QED) is 0.410. The smallest absolute Gasteiger partial charge is 0.323 e. The molecule has 1 fully saturated rings. The topological polar surface area (TPSA) is 140 Å². The molecule has 0 aliphatic carbocycles. The van der Waals surface area contributed by atoms with Gasteiger partial charge in [0.2, 0.25) is 5.95 Å². The van der Waals surface area contributed by atoms with Gasteiger partial charge >= 0.3 is 5.69 Å². The average Bonchev–Trinajstić information content (AvgIpc) is 3.30. The number of imidazole rings is 2. The van der Waals surface area contributed by atoms with Crippen LogP contribution < -0.4 is 21.2 Å². The van der Waals surface area contributed by atoms with Gasteiger partial charge in [-0.3, -0.25) is 4.79 Å². The number of nitrogens with zero attached hydrogens (tertiary/aromatic N) is 4. The van der Waals surface area contributed by atoms with Crippen LogP contribution >= 0.6 is 0 Å². The minimum Gasteiger partial charge on any atom is -0.366 e. The van der Waals surface area contributed by atoms with Gasteiger partial charge in [-0.25, -0.2) is 14.8 Å². The molecule has 0 unspecified atom stereocenters. The van der Waals surface area contributed by atoms with Crippen molar-refractivity contribution in [1.82, 2.24) is 24.9 Å². The van der Waals surface area contributed by atoms with Crippen LogP contribution in [0.4, 0.5) is 11.8 Å². The number of aromatic amines is 3. The van der Waals surface area contributed by atoms with E-state index in [9.17, 15) is 9.59 Å². The number of primary amides is 1. The SMILES string of the molecule is NC(=O)c1cccc2[nH]c(N3CCN(c4nccc5[nH]c(=O)[nH]c45)CC3)nc12. The molecule has 1 saturated heterocycles. The largest absolute Gasteiger partial charge is 0.366 e. The first-order chi connectivity index (χ1) is 13.6. The van der Waals surface area contributed by atoms with E-state index in [0.29, 0.717) is 17.0 Å². The highest BCUT2D eigenvalue weighted by atomic mass is 16.1. The Bertz CT molecular complexity index is 1250. The van der Waals surface area contributed by atoms with Gasteiger partial charge in [-0.2, -0.15) is 0 Å². The van der Waals surface area contributed by atoms with Crippen molar-refractivity contribution in [2.75, 3.05) is 36.0 Å². The summed E-state index contributed by atoms with van der Waals surface area (Å²) >= 11 is 0. The zero-order chi connectivity index (χ0) is 19.3. The third-order valence-corrected chi connectivity index (χ3v) is 5.06. The molecule has 1 aliphatic heterocycles. The first-order valence-corrected chi connectivity index (χ1v) is 8.95. The number of fused-ring (bicyclic) bond motifs is 2. The molecule has 142 valence electrons. The van der Waals surface area contributed by atoms with Crippen LogP contribution in [0.25, 0.3) is 22.1 Å². The van der Waals surface area contributed by atoms with Crippen LogP contribution in [-0.2, 0) is 0 Å². The van der Waals surface area contributed by atoms with Gasteiger partial charge < -0.3 is 30.5 Å². The summed E-state index contributed by atoms with van der Waals surface area (Å²) in [6.45, 7) is 2.88. The van der Waals surface area contributed by atoms with E-state index >= 15 is 0 Å². The van der Waals surface area contributed by atoms with E-state index in [1.165, 1.54) is 0 Å². The van der Waals surface area contributed by atoms with Crippen LogP contribution in [0.2, 0.25) is 0 Å². The van der Waals surface area contributed by atoms with Crippen LogP contribution in [0.1, 0.15) is 10.4 Å². The molecule has 5 rings (SSSR count). The molecule has 1 aromatic carbocycles. The minimum absolute atomic E-state index is 0.240.